The predicted octanol–water partition coefficient (Wildman–Crippen LogP) is 1.20. The van der Waals surface area contributed by atoms with Crippen molar-refractivity contribution in [3.8, 4) is 0 Å². The average Bonchev–Trinajstić information content (AvgIpc) is 2.31. The minimum Gasteiger partial charge on any atom is -0.330 e. The Labute approximate surface area is 84.0 Å². The largest absolute Gasteiger partial charge is 0.330 e. The number of imidazole rings is 1. The summed E-state index contributed by atoms with van der Waals surface area (Å²) in [6.45, 7) is 5.61. The summed E-state index contributed by atoms with van der Waals surface area (Å²) < 4.78 is 25.4. The lowest BCUT2D eigenvalue weighted by Gasteiger charge is -2.17. The summed E-state index contributed by atoms with van der Waals surface area (Å²) in [5.74, 6) is 0.329. The van der Waals surface area contributed by atoms with E-state index in [1.54, 1.807) is 6.20 Å². The molecule has 0 unspecified atom stereocenters. The van der Waals surface area contributed by atoms with Crippen LogP contribution in [-0.2, 0) is 10.0 Å². The number of sulfonamides is 1. The molecule has 0 radical (unpaired) electrons. The Morgan fingerprint density at radius 3 is 2.57 bits per heavy atom. The van der Waals surface area contributed by atoms with E-state index in [4.69, 9.17) is 0 Å². The average molecular weight is 217 g/mol. The molecule has 0 atom stereocenters. The van der Waals surface area contributed by atoms with Crippen molar-refractivity contribution in [2.45, 2.75) is 20.8 Å². The molecule has 0 aromatic carbocycles. The number of aromatic amines is 1. The molecule has 1 heterocycles. The molecule has 0 aliphatic heterocycles. The highest BCUT2D eigenvalue weighted by Gasteiger charge is 2.21. The van der Waals surface area contributed by atoms with Crippen LogP contribution in [0.25, 0.3) is 0 Å². The molecule has 1 rings (SSSR count). The van der Waals surface area contributed by atoms with E-state index in [1.807, 2.05) is 20.8 Å². The molecule has 0 amide bonds. The number of hydrogen-bond donors (Lipinski definition) is 2. The van der Waals surface area contributed by atoms with E-state index in [1.165, 1.54) is 6.20 Å². The van der Waals surface area contributed by atoms with Crippen LogP contribution in [0.2, 0.25) is 0 Å². The minimum atomic E-state index is -3.31. The maximum Gasteiger partial charge on any atom is 0.235 e. The lowest BCUT2D eigenvalue weighted by molar-refractivity contribution is 0.463. The Hall–Kier alpha value is -1.04. The van der Waals surface area contributed by atoms with E-state index in [0.29, 0.717) is 0 Å². The highest BCUT2D eigenvalue weighted by molar-refractivity contribution is 7.92. The molecule has 0 saturated heterocycles. The standard InChI is InChI=1S/C8H15N3O2S/c1-8(2,3)6-14(12,13)11-7-9-4-5-10-7/h4-5H,6H2,1-3H3,(H2,9,10,11). The zero-order valence-electron chi connectivity index (χ0n) is 8.53. The van der Waals surface area contributed by atoms with Gasteiger partial charge >= 0.3 is 0 Å². The van der Waals surface area contributed by atoms with Crippen LogP contribution >= 0.6 is 0 Å². The molecule has 80 valence electrons. The molecule has 0 saturated carbocycles. The summed E-state index contributed by atoms with van der Waals surface area (Å²) >= 11 is 0. The van der Waals surface area contributed by atoms with Gasteiger partial charge in [-0.25, -0.2) is 13.4 Å². The maximum atomic E-state index is 11.5. The van der Waals surface area contributed by atoms with Crippen molar-refractivity contribution in [2.75, 3.05) is 10.5 Å². The summed E-state index contributed by atoms with van der Waals surface area (Å²) in [5.41, 5.74) is -0.265. The molecule has 0 fully saturated rings. The van der Waals surface area contributed by atoms with E-state index in [0.717, 1.165) is 0 Å². The van der Waals surface area contributed by atoms with Gasteiger partial charge < -0.3 is 4.98 Å². The monoisotopic (exact) mass is 217 g/mol. The van der Waals surface area contributed by atoms with Crippen LogP contribution in [0.15, 0.2) is 12.4 Å². The number of H-pyrrole nitrogens is 1. The van der Waals surface area contributed by atoms with Crippen LogP contribution < -0.4 is 4.72 Å². The highest BCUT2D eigenvalue weighted by Crippen LogP contribution is 2.16. The van der Waals surface area contributed by atoms with Crippen molar-refractivity contribution in [1.82, 2.24) is 9.97 Å². The van der Waals surface area contributed by atoms with Crippen LogP contribution in [0.1, 0.15) is 20.8 Å². The maximum absolute atomic E-state index is 11.5. The molecule has 0 aliphatic carbocycles. The molecule has 1 aromatic rings. The summed E-state index contributed by atoms with van der Waals surface area (Å²) in [7, 11) is -3.31. The SMILES string of the molecule is CC(C)(C)CS(=O)(=O)Nc1ncc[nH]1. The van der Waals surface area contributed by atoms with Gasteiger partial charge in [0.05, 0.1) is 5.75 Å². The molecule has 1 aromatic heterocycles. The fourth-order valence-electron chi connectivity index (χ4n) is 1.07. The van der Waals surface area contributed by atoms with E-state index in [2.05, 4.69) is 14.7 Å². The van der Waals surface area contributed by atoms with Crippen LogP contribution in [-0.4, -0.2) is 24.1 Å². The van der Waals surface area contributed by atoms with Crippen molar-refractivity contribution in [2.24, 2.45) is 5.41 Å². The molecule has 14 heavy (non-hydrogen) atoms. The third-order valence-electron chi connectivity index (χ3n) is 1.37. The molecule has 0 aliphatic rings. The van der Waals surface area contributed by atoms with Crippen LogP contribution in [0.5, 0.6) is 0 Å². The number of nitrogens with one attached hydrogen (secondary N) is 2. The van der Waals surface area contributed by atoms with Crippen LogP contribution in [0, 0.1) is 5.41 Å². The van der Waals surface area contributed by atoms with Crippen LogP contribution in [0.3, 0.4) is 0 Å². The third-order valence-corrected chi connectivity index (χ3v) is 3.12. The van der Waals surface area contributed by atoms with Gasteiger partial charge in [0, 0.05) is 12.4 Å². The molecule has 0 bridgehead atoms. The van der Waals surface area contributed by atoms with Gasteiger partial charge in [-0.05, 0) is 5.41 Å². The van der Waals surface area contributed by atoms with Gasteiger partial charge in [0.2, 0.25) is 16.0 Å². The lowest BCUT2D eigenvalue weighted by Crippen LogP contribution is -2.26. The number of hydrogen-bond acceptors (Lipinski definition) is 3. The third kappa shape index (κ3) is 3.78. The zero-order chi connectivity index (χ0) is 10.8. The Morgan fingerprint density at radius 1 is 1.50 bits per heavy atom. The number of rotatable bonds is 3. The van der Waals surface area contributed by atoms with Gasteiger partial charge in [0.25, 0.3) is 0 Å². The van der Waals surface area contributed by atoms with Gasteiger partial charge in [0.15, 0.2) is 0 Å². The van der Waals surface area contributed by atoms with Gasteiger partial charge in [-0.1, -0.05) is 20.8 Å². The smallest absolute Gasteiger partial charge is 0.235 e. The lowest BCUT2D eigenvalue weighted by atomic mass is 10.0. The van der Waals surface area contributed by atoms with Crippen molar-refractivity contribution in [3.63, 3.8) is 0 Å². The van der Waals surface area contributed by atoms with E-state index < -0.39 is 10.0 Å². The highest BCUT2D eigenvalue weighted by atomic mass is 32.2. The van der Waals surface area contributed by atoms with E-state index in [-0.39, 0.29) is 17.1 Å². The fraction of sp³-hybridized carbons (Fsp3) is 0.625. The minimum absolute atomic E-state index is 0.0701. The molecular weight excluding hydrogens is 202 g/mol. The second-order valence-electron chi connectivity index (χ2n) is 4.36. The topological polar surface area (TPSA) is 74.8 Å². The van der Waals surface area contributed by atoms with Gasteiger partial charge in [-0.15, -0.1) is 0 Å². The Balaban J connectivity index is 2.69. The molecule has 5 nitrogen and oxygen atoms in total. The molecule has 0 spiro atoms. The zero-order valence-corrected chi connectivity index (χ0v) is 9.35. The normalized spacial score (nSPS) is 12.8. The fourth-order valence-corrected chi connectivity index (χ4v) is 2.69. The Kier molecular flexibility index (Phi) is 2.84. The number of aromatic nitrogens is 2. The number of anilines is 1. The molecular formula is C8H15N3O2S. The summed E-state index contributed by atoms with van der Waals surface area (Å²) in [6.07, 6.45) is 3.06. The van der Waals surface area contributed by atoms with Gasteiger partial charge in [-0.2, -0.15) is 0 Å². The van der Waals surface area contributed by atoms with Crippen LogP contribution in [0.4, 0.5) is 5.95 Å². The first-order valence-electron chi connectivity index (χ1n) is 4.28. The van der Waals surface area contributed by atoms with Crippen molar-refractivity contribution >= 4 is 16.0 Å². The van der Waals surface area contributed by atoms with E-state index in [9.17, 15) is 8.42 Å². The van der Waals surface area contributed by atoms with Crippen molar-refractivity contribution < 1.29 is 8.42 Å². The van der Waals surface area contributed by atoms with E-state index >= 15 is 0 Å². The number of nitrogens with zero attached hydrogens (tertiary/aromatic N) is 1. The first kappa shape index (κ1) is 11.0. The van der Waals surface area contributed by atoms with Crippen molar-refractivity contribution in [1.29, 1.82) is 0 Å². The predicted molar refractivity (Wildman–Crippen MR) is 55.5 cm³/mol. The van der Waals surface area contributed by atoms with Gasteiger partial charge in [0.1, 0.15) is 0 Å². The second kappa shape index (κ2) is 3.61. The summed E-state index contributed by atoms with van der Waals surface area (Å²) in [5, 5.41) is 0. The first-order chi connectivity index (χ1) is 6.29. The quantitative estimate of drug-likeness (QED) is 0.798. The first-order valence-corrected chi connectivity index (χ1v) is 5.94. The molecule has 6 heteroatoms. The Bertz CT molecular complexity index is 375. The summed E-state index contributed by atoms with van der Waals surface area (Å²) in [4.78, 5) is 6.46. The summed E-state index contributed by atoms with van der Waals surface area (Å²) in [6, 6.07) is 0. The van der Waals surface area contributed by atoms with Crippen molar-refractivity contribution in [3.05, 3.63) is 12.4 Å². The molecule has 2 N–H and O–H groups in total. The van der Waals surface area contributed by atoms with Gasteiger partial charge in [-0.3, -0.25) is 4.72 Å². The Morgan fingerprint density at radius 2 is 2.14 bits per heavy atom. The second-order valence-corrected chi connectivity index (χ2v) is 6.08.